The van der Waals surface area contributed by atoms with Gasteiger partial charge in [-0.3, -0.25) is 0 Å². The lowest BCUT2D eigenvalue weighted by Gasteiger charge is -2.11. The van der Waals surface area contributed by atoms with Crippen LogP contribution in [-0.2, 0) is 6.61 Å². The number of hydrogen-bond donors (Lipinski definition) is 1. The fourth-order valence-electron chi connectivity index (χ4n) is 2.35. The zero-order chi connectivity index (χ0) is 17.5. The standard InChI is InChI=1S/C21H21NO3/c1-2-23-19-12-13-21(20(22)14-19)25-18-10-8-17(9-11-18)24-15-16-6-4-3-5-7-16/h3-14H,2,15,22H2,1H3. The van der Waals surface area contributed by atoms with E-state index in [1.807, 2.05) is 67.6 Å². The van der Waals surface area contributed by atoms with Crippen LogP contribution in [0, 0.1) is 0 Å². The van der Waals surface area contributed by atoms with Crippen molar-refractivity contribution in [3.63, 3.8) is 0 Å². The van der Waals surface area contributed by atoms with Crippen molar-refractivity contribution in [1.29, 1.82) is 0 Å². The number of nitrogens with two attached hydrogens (primary N) is 1. The largest absolute Gasteiger partial charge is 0.494 e. The van der Waals surface area contributed by atoms with Crippen LogP contribution in [0.15, 0.2) is 72.8 Å². The molecule has 25 heavy (non-hydrogen) atoms. The maximum Gasteiger partial charge on any atom is 0.150 e. The van der Waals surface area contributed by atoms with Crippen LogP contribution in [0.2, 0.25) is 0 Å². The summed E-state index contributed by atoms with van der Waals surface area (Å²) < 4.78 is 17.0. The molecule has 0 radical (unpaired) electrons. The maximum atomic E-state index is 6.01. The zero-order valence-electron chi connectivity index (χ0n) is 14.1. The summed E-state index contributed by atoms with van der Waals surface area (Å²) in [5.74, 6) is 2.82. The summed E-state index contributed by atoms with van der Waals surface area (Å²) in [7, 11) is 0. The van der Waals surface area contributed by atoms with E-state index in [2.05, 4.69) is 0 Å². The highest BCUT2D eigenvalue weighted by molar-refractivity contribution is 5.57. The maximum absolute atomic E-state index is 6.01. The Bertz CT molecular complexity index is 801. The molecule has 3 rings (SSSR count). The monoisotopic (exact) mass is 335 g/mol. The van der Waals surface area contributed by atoms with Gasteiger partial charge >= 0.3 is 0 Å². The van der Waals surface area contributed by atoms with Crippen LogP contribution in [0.25, 0.3) is 0 Å². The Morgan fingerprint density at radius 3 is 2.12 bits per heavy atom. The third kappa shape index (κ3) is 4.67. The topological polar surface area (TPSA) is 53.7 Å². The Hall–Kier alpha value is -3.14. The van der Waals surface area contributed by atoms with Crippen molar-refractivity contribution in [2.24, 2.45) is 0 Å². The summed E-state index contributed by atoms with van der Waals surface area (Å²) in [5, 5.41) is 0. The van der Waals surface area contributed by atoms with Gasteiger partial charge in [-0.05, 0) is 48.9 Å². The van der Waals surface area contributed by atoms with Crippen LogP contribution in [0.1, 0.15) is 12.5 Å². The van der Waals surface area contributed by atoms with E-state index in [-0.39, 0.29) is 0 Å². The van der Waals surface area contributed by atoms with E-state index in [4.69, 9.17) is 19.9 Å². The number of hydrogen-bond acceptors (Lipinski definition) is 4. The minimum atomic E-state index is 0.535. The van der Waals surface area contributed by atoms with Gasteiger partial charge in [-0.1, -0.05) is 30.3 Å². The second-order valence-electron chi connectivity index (χ2n) is 5.48. The molecular formula is C21H21NO3. The molecule has 2 N–H and O–H groups in total. The average molecular weight is 335 g/mol. The first-order chi connectivity index (χ1) is 12.2. The third-order valence-corrected chi connectivity index (χ3v) is 3.59. The second kappa shape index (κ2) is 8.11. The van der Waals surface area contributed by atoms with E-state index in [0.29, 0.717) is 30.4 Å². The van der Waals surface area contributed by atoms with E-state index in [9.17, 15) is 0 Å². The highest BCUT2D eigenvalue weighted by Gasteiger charge is 2.05. The molecule has 0 fully saturated rings. The highest BCUT2D eigenvalue weighted by atomic mass is 16.5. The summed E-state index contributed by atoms with van der Waals surface area (Å²) in [6.45, 7) is 3.07. The first-order valence-corrected chi connectivity index (χ1v) is 8.21. The molecule has 0 aliphatic rings. The van der Waals surface area contributed by atoms with Gasteiger partial charge in [0.1, 0.15) is 23.9 Å². The fraction of sp³-hybridized carbons (Fsp3) is 0.143. The molecule has 0 unspecified atom stereocenters. The van der Waals surface area contributed by atoms with Gasteiger partial charge in [0.25, 0.3) is 0 Å². The van der Waals surface area contributed by atoms with Gasteiger partial charge in [0.05, 0.1) is 12.3 Å². The molecule has 4 heteroatoms. The van der Waals surface area contributed by atoms with Crippen LogP contribution in [0.5, 0.6) is 23.0 Å². The zero-order valence-corrected chi connectivity index (χ0v) is 14.1. The highest BCUT2D eigenvalue weighted by Crippen LogP contribution is 2.31. The molecule has 3 aromatic carbocycles. The fourth-order valence-corrected chi connectivity index (χ4v) is 2.35. The average Bonchev–Trinajstić information content (AvgIpc) is 2.64. The van der Waals surface area contributed by atoms with E-state index in [0.717, 1.165) is 17.1 Å². The lowest BCUT2D eigenvalue weighted by Crippen LogP contribution is -1.96. The van der Waals surface area contributed by atoms with E-state index < -0.39 is 0 Å². The predicted molar refractivity (Wildman–Crippen MR) is 99.3 cm³/mol. The molecule has 0 amide bonds. The van der Waals surface area contributed by atoms with Crippen molar-refractivity contribution < 1.29 is 14.2 Å². The van der Waals surface area contributed by atoms with E-state index >= 15 is 0 Å². The molecular weight excluding hydrogens is 314 g/mol. The molecule has 128 valence electrons. The van der Waals surface area contributed by atoms with Crippen molar-refractivity contribution in [1.82, 2.24) is 0 Å². The van der Waals surface area contributed by atoms with Gasteiger partial charge in [-0.25, -0.2) is 0 Å². The minimum Gasteiger partial charge on any atom is -0.494 e. The smallest absolute Gasteiger partial charge is 0.150 e. The molecule has 0 aliphatic heterocycles. The Morgan fingerprint density at radius 2 is 1.44 bits per heavy atom. The summed E-state index contributed by atoms with van der Waals surface area (Å²) >= 11 is 0. The number of ether oxygens (including phenoxy) is 3. The molecule has 3 aromatic rings. The third-order valence-electron chi connectivity index (χ3n) is 3.59. The second-order valence-corrected chi connectivity index (χ2v) is 5.48. The van der Waals surface area contributed by atoms with E-state index in [1.54, 1.807) is 12.1 Å². The van der Waals surface area contributed by atoms with E-state index in [1.165, 1.54) is 0 Å². The summed E-state index contributed by atoms with van der Waals surface area (Å²) in [6, 6.07) is 22.9. The van der Waals surface area contributed by atoms with Crippen LogP contribution < -0.4 is 19.9 Å². The number of anilines is 1. The lowest BCUT2D eigenvalue weighted by molar-refractivity contribution is 0.306. The van der Waals surface area contributed by atoms with Crippen molar-refractivity contribution >= 4 is 5.69 Å². The van der Waals surface area contributed by atoms with Crippen molar-refractivity contribution in [3.8, 4) is 23.0 Å². The first kappa shape index (κ1) is 16.7. The van der Waals surface area contributed by atoms with Gasteiger partial charge in [0, 0.05) is 6.07 Å². The Kier molecular flexibility index (Phi) is 5.42. The Morgan fingerprint density at radius 1 is 0.760 bits per heavy atom. The first-order valence-electron chi connectivity index (χ1n) is 8.21. The molecule has 0 aliphatic carbocycles. The van der Waals surface area contributed by atoms with Crippen molar-refractivity contribution in [3.05, 3.63) is 78.4 Å². The Labute approximate surface area is 147 Å². The minimum absolute atomic E-state index is 0.535. The van der Waals surface area contributed by atoms with Crippen LogP contribution in [0.4, 0.5) is 5.69 Å². The molecule has 4 nitrogen and oxygen atoms in total. The molecule has 0 atom stereocenters. The number of benzene rings is 3. The SMILES string of the molecule is CCOc1ccc(Oc2ccc(OCc3ccccc3)cc2)c(N)c1. The quantitative estimate of drug-likeness (QED) is 0.615. The summed E-state index contributed by atoms with van der Waals surface area (Å²) in [4.78, 5) is 0. The normalized spacial score (nSPS) is 10.3. The summed E-state index contributed by atoms with van der Waals surface area (Å²) in [5.41, 5.74) is 7.68. The summed E-state index contributed by atoms with van der Waals surface area (Å²) in [6.07, 6.45) is 0. The van der Waals surface area contributed by atoms with Crippen LogP contribution in [-0.4, -0.2) is 6.61 Å². The molecule has 0 spiro atoms. The van der Waals surface area contributed by atoms with Gasteiger partial charge < -0.3 is 19.9 Å². The Balaban J connectivity index is 1.61. The molecule has 0 aromatic heterocycles. The van der Waals surface area contributed by atoms with Crippen LogP contribution >= 0.6 is 0 Å². The molecule has 0 saturated carbocycles. The predicted octanol–water partition coefficient (Wildman–Crippen LogP) is 5.04. The van der Waals surface area contributed by atoms with Crippen molar-refractivity contribution in [2.75, 3.05) is 12.3 Å². The van der Waals surface area contributed by atoms with Gasteiger partial charge in [0.15, 0.2) is 5.75 Å². The molecule has 0 bridgehead atoms. The molecule has 0 heterocycles. The van der Waals surface area contributed by atoms with Gasteiger partial charge in [0.2, 0.25) is 0 Å². The van der Waals surface area contributed by atoms with Crippen molar-refractivity contribution in [2.45, 2.75) is 13.5 Å². The number of nitrogen functional groups attached to an aromatic ring is 1. The van der Waals surface area contributed by atoms with Gasteiger partial charge in [-0.2, -0.15) is 0 Å². The lowest BCUT2D eigenvalue weighted by atomic mass is 10.2. The molecule has 0 saturated heterocycles. The van der Waals surface area contributed by atoms with Crippen LogP contribution in [0.3, 0.4) is 0 Å². The van der Waals surface area contributed by atoms with Gasteiger partial charge in [-0.15, -0.1) is 0 Å². The number of rotatable bonds is 7.